The first-order valence-corrected chi connectivity index (χ1v) is 5.42. The molecule has 0 aromatic rings. The molecule has 0 aliphatic rings. The number of rotatable bonds is 7. The van der Waals surface area contributed by atoms with Gasteiger partial charge in [0, 0.05) is 6.42 Å². The van der Waals surface area contributed by atoms with Gasteiger partial charge in [-0.3, -0.25) is 0 Å². The van der Waals surface area contributed by atoms with Gasteiger partial charge >= 0.3 is 0 Å². The van der Waals surface area contributed by atoms with Gasteiger partial charge in [0.15, 0.2) is 5.79 Å². The summed E-state index contributed by atoms with van der Waals surface area (Å²) >= 11 is 0. The molecule has 0 spiro atoms. The van der Waals surface area contributed by atoms with Crippen LogP contribution in [0.5, 0.6) is 0 Å². The van der Waals surface area contributed by atoms with Crippen molar-refractivity contribution in [1.29, 1.82) is 0 Å². The van der Waals surface area contributed by atoms with Crippen molar-refractivity contribution in [2.45, 2.75) is 65.1 Å². The van der Waals surface area contributed by atoms with Crippen LogP contribution in [0.15, 0.2) is 0 Å². The Balaban J connectivity index is 3.26. The highest BCUT2D eigenvalue weighted by molar-refractivity contribution is 4.61. The number of aliphatic hydroxyl groups is 2. The summed E-state index contributed by atoms with van der Waals surface area (Å²) in [5.41, 5.74) is 0. The average molecular weight is 188 g/mol. The van der Waals surface area contributed by atoms with E-state index in [0.717, 1.165) is 18.8 Å². The second kappa shape index (κ2) is 6.39. The van der Waals surface area contributed by atoms with Crippen molar-refractivity contribution < 1.29 is 10.2 Å². The van der Waals surface area contributed by atoms with Crippen molar-refractivity contribution in [1.82, 2.24) is 0 Å². The second-order valence-electron chi connectivity index (χ2n) is 4.33. The predicted octanol–water partition coefficient (Wildman–Crippen LogP) is 2.68. The maximum atomic E-state index is 9.29. The van der Waals surface area contributed by atoms with Gasteiger partial charge in [0.25, 0.3) is 0 Å². The minimum Gasteiger partial charge on any atom is -0.366 e. The molecule has 0 aromatic carbocycles. The first-order chi connectivity index (χ1) is 5.98. The third kappa shape index (κ3) is 8.26. The van der Waals surface area contributed by atoms with Crippen molar-refractivity contribution in [2.75, 3.05) is 0 Å². The minimum atomic E-state index is -1.42. The third-order valence-electron chi connectivity index (χ3n) is 2.42. The van der Waals surface area contributed by atoms with E-state index in [1.807, 2.05) is 0 Å². The fourth-order valence-corrected chi connectivity index (χ4v) is 1.31. The van der Waals surface area contributed by atoms with Crippen LogP contribution in [0.2, 0.25) is 0 Å². The maximum Gasteiger partial charge on any atom is 0.162 e. The van der Waals surface area contributed by atoms with E-state index >= 15 is 0 Å². The van der Waals surface area contributed by atoms with E-state index in [9.17, 15) is 10.2 Å². The number of hydrogen-bond donors (Lipinski definition) is 2. The highest BCUT2D eigenvalue weighted by Gasteiger charge is 2.18. The van der Waals surface area contributed by atoms with E-state index in [0.29, 0.717) is 12.8 Å². The molecule has 0 aliphatic carbocycles. The maximum absolute atomic E-state index is 9.29. The molecule has 0 bridgehead atoms. The lowest BCUT2D eigenvalue weighted by atomic mass is 10.0. The van der Waals surface area contributed by atoms with E-state index in [1.165, 1.54) is 12.8 Å². The van der Waals surface area contributed by atoms with Crippen LogP contribution in [-0.2, 0) is 0 Å². The summed E-state index contributed by atoms with van der Waals surface area (Å²) in [6.07, 6.45) is 5.43. The number of unbranched alkanes of at least 4 members (excludes halogenated alkanes) is 2. The van der Waals surface area contributed by atoms with Crippen molar-refractivity contribution in [3.63, 3.8) is 0 Å². The van der Waals surface area contributed by atoms with Crippen molar-refractivity contribution in [3.8, 4) is 0 Å². The first kappa shape index (κ1) is 12.9. The van der Waals surface area contributed by atoms with Gasteiger partial charge in [-0.25, -0.2) is 0 Å². The van der Waals surface area contributed by atoms with E-state index in [2.05, 4.69) is 13.8 Å². The van der Waals surface area contributed by atoms with Gasteiger partial charge in [0.05, 0.1) is 0 Å². The summed E-state index contributed by atoms with van der Waals surface area (Å²) in [7, 11) is 0. The van der Waals surface area contributed by atoms with Crippen LogP contribution in [0.25, 0.3) is 0 Å². The Morgan fingerprint density at radius 2 is 1.69 bits per heavy atom. The van der Waals surface area contributed by atoms with Crippen LogP contribution >= 0.6 is 0 Å². The van der Waals surface area contributed by atoms with E-state index < -0.39 is 5.79 Å². The second-order valence-corrected chi connectivity index (χ2v) is 4.33. The molecule has 0 amide bonds. The molecule has 0 rings (SSSR count). The molecular formula is C11H24O2. The van der Waals surface area contributed by atoms with Crippen LogP contribution in [0.3, 0.4) is 0 Å². The highest BCUT2D eigenvalue weighted by atomic mass is 16.5. The van der Waals surface area contributed by atoms with Crippen molar-refractivity contribution in [2.24, 2.45) is 5.92 Å². The molecule has 0 radical (unpaired) electrons. The van der Waals surface area contributed by atoms with Crippen LogP contribution in [0.4, 0.5) is 0 Å². The topological polar surface area (TPSA) is 40.5 Å². The van der Waals surface area contributed by atoms with Crippen molar-refractivity contribution >= 4 is 0 Å². The highest BCUT2D eigenvalue weighted by Crippen LogP contribution is 2.16. The molecule has 0 aliphatic heterocycles. The lowest BCUT2D eigenvalue weighted by molar-refractivity contribution is -0.167. The van der Waals surface area contributed by atoms with Crippen LogP contribution in [0, 0.1) is 5.92 Å². The molecule has 2 heteroatoms. The van der Waals surface area contributed by atoms with Gasteiger partial charge in [-0.2, -0.15) is 0 Å². The molecule has 0 saturated heterocycles. The molecule has 0 fully saturated rings. The van der Waals surface area contributed by atoms with Gasteiger partial charge in [-0.15, -0.1) is 0 Å². The monoisotopic (exact) mass is 188 g/mol. The zero-order valence-corrected chi connectivity index (χ0v) is 9.21. The molecule has 0 aromatic heterocycles. The molecule has 13 heavy (non-hydrogen) atoms. The number of hydrogen-bond acceptors (Lipinski definition) is 2. The van der Waals surface area contributed by atoms with Gasteiger partial charge in [0.2, 0.25) is 0 Å². The Labute approximate surface area is 82.0 Å². The summed E-state index contributed by atoms with van der Waals surface area (Å²) in [6, 6.07) is 0. The van der Waals surface area contributed by atoms with Gasteiger partial charge in [0.1, 0.15) is 0 Å². The standard InChI is InChI=1S/C11H24O2/c1-4-11(12,13)9-7-5-6-8-10(2)3/h10,12-13H,4-9H2,1-3H3. The quantitative estimate of drug-likeness (QED) is 0.476. The molecule has 0 heterocycles. The van der Waals surface area contributed by atoms with Gasteiger partial charge in [-0.05, 0) is 18.8 Å². The van der Waals surface area contributed by atoms with Gasteiger partial charge in [-0.1, -0.05) is 40.0 Å². The Morgan fingerprint density at radius 3 is 2.15 bits per heavy atom. The summed E-state index contributed by atoms with van der Waals surface area (Å²) in [6.45, 7) is 6.23. The van der Waals surface area contributed by atoms with Crippen LogP contribution in [0.1, 0.15) is 59.3 Å². The minimum absolute atomic E-state index is 0.428. The average Bonchev–Trinajstić information content (AvgIpc) is 2.03. The molecular weight excluding hydrogens is 164 g/mol. The Hall–Kier alpha value is -0.0800. The lowest BCUT2D eigenvalue weighted by Gasteiger charge is -2.19. The normalized spacial score (nSPS) is 12.5. The predicted molar refractivity (Wildman–Crippen MR) is 55.4 cm³/mol. The molecule has 0 atom stereocenters. The van der Waals surface area contributed by atoms with Crippen LogP contribution < -0.4 is 0 Å². The van der Waals surface area contributed by atoms with E-state index in [-0.39, 0.29) is 0 Å². The lowest BCUT2D eigenvalue weighted by Crippen LogP contribution is -2.26. The Kier molecular flexibility index (Phi) is 6.35. The first-order valence-electron chi connectivity index (χ1n) is 5.42. The SMILES string of the molecule is CCC(O)(O)CCCCCC(C)C. The van der Waals surface area contributed by atoms with Crippen molar-refractivity contribution in [3.05, 3.63) is 0 Å². The molecule has 0 unspecified atom stereocenters. The molecule has 80 valence electrons. The third-order valence-corrected chi connectivity index (χ3v) is 2.42. The van der Waals surface area contributed by atoms with E-state index in [1.54, 1.807) is 6.92 Å². The summed E-state index contributed by atoms with van der Waals surface area (Å²) in [5.74, 6) is -0.656. The molecule has 2 nitrogen and oxygen atoms in total. The largest absolute Gasteiger partial charge is 0.366 e. The summed E-state index contributed by atoms with van der Waals surface area (Å²) in [4.78, 5) is 0. The Bertz CT molecular complexity index is 119. The Morgan fingerprint density at radius 1 is 1.08 bits per heavy atom. The summed E-state index contributed by atoms with van der Waals surface area (Å²) in [5, 5.41) is 18.6. The van der Waals surface area contributed by atoms with E-state index in [4.69, 9.17) is 0 Å². The molecule has 0 saturated carbocycles. The summed E-state index contributed by atoms with van der Waals surface area (Å²) < 4.78 is 0. The molecule has 2 N–H and O–H groups in total. The zero-order valence-electron chi connectivity index (χ0n) is 9.21. The van der Waals surface area contributed by atoms with Gasteiger partial charge < -0.3 is 10.2 Å². The fourth-order valence-electron chi connectivity index (χ4n) is 1.31. The smallest absolute Gasteiger partial charge is 0.162 e. The zero-order chi connectivity index (χ0) is 10.3. The van der Waals surface area contributed by atoms with Crippen LogP contribution in [-0.4, -0.2) is 16.0 Å². The fraction of sp³-hybridized carbons (Fsp3) is 1.00.